The van der Waals surface area contributed by atoms with Crippen LogP contribution in [0.1, 0.15) is 38.7 Å². The maximum atomic E-state index is 12.6. The Morgan fingerprint density at radius 3 is 2.42 bits per heavy atom. The minimum Gasteiger partial charge on any atom is -0.326 e. The van der Waals surface area contributed by atoms with Crippen molar-refractivity contribution in [1.29, 1.82) is 0 Å². The van der Waals surface area contributed by atoms with Crippen LogP contribution in [0.15, 0.2) is 23.4 Å². The average molecular weight is 283 g/mol. The van der Waals surface area contributed by atoms with Crippen molar-refractivity contribution in [3.05, 3.63) is 23.9 Å². The Hall–Kier alpha value is -0.980. The van der Waals surface area contributed by atoms with Gasteiger partial charge >= 0.3 is 0 Å². The molecular weight excluding hydrogens is 262 g/mol. The van der Waals surface area contributed by atoms with E-state index in [0.29, 0.717) is 6.54 Å². The summed E-state index contributed by atoms with van der Waals surface area (Å²) in [6, 6.07) is 3.33. The Balaban J connectivity index is 2.34. The van der Waals surface area contributed by atoms with Gasteiger partial charge in [-0.25, -0.2) is 13.4 Å². The van der Waals surface area contributed by atoms with Crippen LogP contribution in [0.25, 0.3) is 0 Å². The van der Waals surface area contributed by atoms with E-state index in [2.05, 4.69) is 4.98 Å². The number of hydrogen-bond donors (Lipinski definition) is 1. The fourth-order valence-corrected chi connectivity index (χ4v) is 4.46. The molecule has 106 valence electrons. The second kappa shape index (κ2) is 5.56. The van der Waals surface area contributed by atoms with E-state index >= 15 is 0 Å². The Bertz CT molecular complexity index is 517. The molecule has 0 aromatic carbocycles. The van der Waals surface area contributed by atoms with E-state index in [-0.39, 0.29) is 17.1 Å². The fraction of sp³-hybridized carbons (Fsp3) is 0.615. The normalized spacial score (nSPS) is 25.4. The predicted octanol–water partition coefficient (Wildman–Crippen LogP) is 1.49. The summed E-state index contributed by atoms with van der Waals surface area (Å²) in [6.45, 7) is 4.28. The lowest BCUT2D eigenvalue weighted by Crippen LogP contribution is -2.47. The number of piperidine rings is 1. The van der Waals surface area contributed by atoms with Crippen LogP contribution in [-0.4, -0.2) is 29.8 Å². The quantitative estimate of drug-likeness (QED) is 0.912. The second-order valence-corrected chi connectivity index (χ2v) is 6.96. The summed E-state index contributed by atoms with van der Waals surface area (Å²) in [5, 5.41) is 0.116. The number of pyridine rings is 1. The van der Waals surface area contributed by atoms with Gasteiger partial charge in [-0.1, -0.05) is 12.5 Å². The molecule has 19 heavy (non-hydrogen) atoms. The van der Waals surface area contributed by atoms with Gasteiger partial charge in [0.25, 0.3) is 10.0 Å². The number of hydrogen-bond acceptors (Lipinski definition) is 4. The third-order valence-corrected chi connectivity index (χ3v) is 5.73. The van der Waals surface area contributed by atoms with Crippen LogP contribution in [0.2, 0.25) is 0 Å². The molecule has 1 aromatic rings. The van der Waals surface area contributed by atoms with Crippen molar-refractivity contribution in [2.45, 2.75) is 56.8 Å². The highest BCUT2D eigenvalue weighted by atomic mass is 32.2. The Kier molecular flexibility index (Phi) is 4.23. The fourth-order valence-electron chi connectivity index (χ4n) is 2.66. The molecule has 0 spiro atoms. The van der Waals surface area contributed by atoms with E-state index in [4.69, 9.17) is 5.73 Å². The van der Waals surface area contributed by atoms with Crippen LogP contribution < -0.4 is 5.73 Å². The van der Waals surface area contributed by atoms with Gasteiger partial charge in [0, 0.05) is 24.8 Å². The first-order chi connectivity index (χ1) is 8.96. The molecule has 2 atom stereocenters. The zero-order valence-electron chi connectivity index (χ0n) is 11.4. The average Bonchev–Trinajstić information content (AvgIpc) is 2.38. The van der Waals surface area contributed by atoms with Crippen molar-refractivity contribution >= 4 is 10.0 Å². The molecule has 1 aliphatic heterocycles. The van der Waals surface area contributed by atoms with Crippen LogP contribution >= 0.6 is 0 Å². The van der Waals surface area contributed by atoms with Crippen molar-refractivity contribution in [2.24, 2.45) is 5.73 Å². The third-order valence-electron chi connectivity index (χ3n) is 3.69. The lowest BCUT2D eigenvalue weighted by Gasteiger charge is -2.37. The molecular formula is C13H21N3O2S. The van der Waals surface area contributed by atoms with E-state index in [9.17, 15) is 8.42 Å². The van der Waals surface area contributed by atoms with Gasteiger partial charge in [0.1, 0.15) is 0 Å². The third kappa shape index (κ3) is 2.80. The number of nitrogens with two attached hydrogens (primary N) is 1. The molecule has 0 saturated carbocycles. The Morgan fingerprint density at radius 1 is 1.32 bits per heavy atom. The van der Waals surface area contributed by atoms with Crippen molar-refractivity contribution in [2.75, 3.05) is 0 Å². The molecule has 0 aliphatic carbocycles. The summed E-state index contributed by atoms with van der Waals surface area (Å²) in [4.78, 5) is 4.06. The highest BCUT2D eigenvalue weighted by Gasteiger charge is 2.36. The molecule has 1 saturated heterocycles. The van der Waals surface area contributed by atoms with Gasteiger partial charge in [-0.05, 0) is 38.3 Å². The first kappa shape index (κ1) is 14.4. The summed E-state index contributed by atoms with van der Waals surface area (Å²) in [7, 11) is -3.50. The van der Waals surface area contributed by atoms with E-state index in [1.54, 1.807) is 16.4 Å². The number of rotatable bonds is 3. The number of nitrogens with zero attached hydrogens (tertiary/aromatic N) is 2. The standard InChI is InChI=1S/C13H21N3O2S/c1-10-4-3-5-11(2)16(10)19(17,18)13-7-6-12(8-14)9-15-13/h6-7,9-11H,3-5,8,14H2,1-2H3/t10-,11+. The minimum atomic E-state index is -3.50. The summed E-state index contributed by atoms with van der Waals surface area (Å²) >= 11 is 0. The lowest BCUT2D eigenvalue weighted by atomic mass is 10.0. The lowest BCUT2D eigenvalue weighted by molar-refractivity contribution is 0.203. The molecule has 0 unspecified atom stereocenters. The molecule has 1 fully saturated rings. The van der Waals surface area contributed by atoms with Crippen LogP contribution in [0.5, 0.6) is 0 Å². The molecule has 2 rings (SSSR count). The molecule has 0 radical (unpaired) electrons. The largest absolute Gasteiger partial charge is 0.326 e. The molecule has 0 bridgehead atoms. The summed E-state index contributed by atoms with van der Waals surface area (Å²) < 4.78 is 26.9. The monoisotopic (exact) mass is 283 g/mol. The van der Waals surface area contributed by atoms with Gasteiger partial charge in [-0.2, -0.15) is 4.31 Å². The van der Waals surface area contributed by atoms with Gasteiger partial charge in [0.05, 0.1) is 0 Å². The van der Waals surface area contributed by atoms with Gasteiger partial charge < -0.3 is 5.73 Å². The van der Waals surface area contributed by atoms with E-state index in [0.717, 1.165) is 24.8 Å². The highest BCUT2D eigenvalue weighted by Crippen LogP contribution is 2.28. The summed E-state index contributed by atoms with van der Waals surface area (Å²) in [5.74, 6) is 0. The van der Waals surface area contributed by atoms with Gasteiger partial charge in [-0.3, -0.25) is 0 Å². The zero-order chi connectivity index (χ0) is 14.0. The van der Waals surface area contributed by atoms with Gasteiger partial charge in [0.2, 0.25) is 0 Å². The molecule has 1 aliphatic rings. The van der Waals surface area contributed by atoms with Gasteiger partial charge in [-0.15, -0.1) is 0 Å². The van der Waals surface area contributed by atoms with E-state index in [1.807, 2.05) is 13.8 Å². The summed E-state index contributed by atoms with van der Waals surface area (Å²) in [5.41, 5.74) is 6.33. The van der Waals surface area contributed by atoms with Crippen molar-refractivity contribution in [3.63, 3.8) is 0 Å². The SMILES string of the molecule is C[C@@H]1CCC[C@H](C)N1S(=O)(=O)c1ccc(CN)cn1. The highest BCUT2D eigenvalue weighted by molar-refractivity contribution is 7.89. The molecule has 0 amide bonds. The van der Waals surface area contributed by atoms with Crippen molar-refractivity contribution in [1.82, 2.24) is 9.29 Å². The first-order valence-electron chi connectivity index (χ1n) is 6.65. The topological polar surface area (TPSA) is 76.3 Å². The van der Waals surface area contributed by atoms with E-state index in [1.165, 1.54) is 6.20 Å². The maximum absolute atomic E-state index is 12.6. The Morgan fingerprint density at radius 2 is 1.95 bits per heavy atom. The first-order valence-corrected chi connectivity index (χ1v) is 8.09. The van der Waals surface area contributed by atoms with Crippen LogP contribution in [0, 0.1) is 0 Å². The molecule has 1 aromatic heterocycles. The van der Waals surface area contributed by atoms with Crippen molar-refractivity contribution in [3.8, 4) is 0 Å². The molecule has 6 heteroatoms. The van der Waals surface area contributed by atoms with Crippen molar-refractivity contribution < 1.29 is 8.42 Å². The molecule has 5 nitrogen and oxygen atoms in total. The van der Waals surface area contributed by atoms with Crippen LogP contribution in [0.4, 0.5) is 0 Å². The predicted molar refractivity (Wildman–Crippen MR) is 73.9 cm³/mol. The zero-order valence-corrected chi connectivity index (χ0v) is 12.2. The molecule has 2 N–H and O–H groups in total. The van der Waals surface area contributed by atoms with Gasteiger partial charge in [0.15, 0.2) is 5.03 Å². The minimum absolute atomic E-state index is 0.0322. The van der Waals surface area contributed by atoms with Crippen LogP contribution in [0.3, 0.4) is 0 Å². The summed E-state index contributed by atoms with van der Waals surface area (Å²) in [6.07, 6.45) is 4.43. The Labute approximate surface area is 114 Å². The smallest absolute Gasteiger partial charge is 0.261 e. The second-order valence-electron chi connectivity index (χ2n) is 5.17. The number of sulfonamides is 1. The number of aromatic nitrogens is 1. The van der Waals surface area contributed by atoms with Crippen LogP contribution in [-0.2, 0) is 16.6 Å². The maximum Gasteiger partial charge on any atom is 0.261 e. The molecule has 2 heterocycles. The van der Waals surface area contributed by atoms with E-state index < -0.39 is 10.0 Å².